The molecule has 8 nitrogen and oxygen atoms in total. The van der Waals surface area contributed by atoms with Gasteiger partial charge in [-0.2, -0.15) is 8.42 Å². The summed E-state index contributed by atoms with van der Waals surface area (Å²) in [5, 5.41) is 30.2. The minimum atomic E-state index is -4.33. The minimum absolute atomic E-state index is 0.0191. The molecule has 0 rings (SSSR count). The monoisotopic (exact) mass is 496 g/mol. The second-order valence-corrected chi connectivity index (χ2v) is 11.9. The molecule has 9 heteroatoms. The number of quaternary nitrogens is 1. The number of aliphatic hydroxyl groups is 2. The number of hydrogen-bond donors (Lipinski definition) is 4. The van der Waals surface area contributed by atoms with E-state index in [1.165, 1.54) is 38.5 Å². The Labute approximate surface area is 201 Å². The highest BCUT2D eigenvalue weighted by Crippen LogP contribution is 2.50. The van der Waals surface area contributed by atoms with Crippen molar-refractivity contribution in [3.63, 3.8) is 0 Å². The lowest BCUT2D eigenvalue weighted by Crippen LogP contribution is -2.71. The molecule has 0 radical (unpaired) electrons. The van der Waals surface area contributed by atoms with Crippen LogP contribution in [0.3, 0.4) is 0 Å². The van der Waals surface area contributed by atoms with Gasteiger partial charge in [0, 0.05) is 25.0 Å². The van der Waals surface area contributed by atoms with Crippen LogP contribution in [0.15, 0.2) is 0 Å². The van der Waals surface area contributed by atoms with E-state index in [2.05, 4.69) is 6.92 Å². The second kappa shape index (κ2) is 15.3. The lowest BCUT2D eigenvalue weighted by Gasteiger charge is -2.54. The first kappa shape index (κ1) is 32.3. The Balaban J connectivity index is 5.57. The van der Waals surface area contributed by atoms with E-state index in [9.17, 15) is 33.1 Å². The van der Waals surface area contributed by atoms with Gasteiger partial charge in [0.05, 0.1) is 26.9 Å². The van der Waals surface area contributed by atoms with Crippen molar-refractivity contribution in [3.8, 4) is 0 Å². The molecule has 0 saturated heterocycles. The lowest BCUT2D eigenvalue weighted by atomic mass is 9.60. The molecule has 0 saturated carbocycles. The second-order valence-electron chi connectivity index (χ2n) is 10.4. The van der Waals surface area contributed by atoms with E-state index in [4.69, 9.17) is 0 Å². The summed E-state index contributed by atoms with van der Waals surface area (Å²) in [5.74, 6) is -1.68. The van der Waals surface area contributed by atoms with Crippen molar-refractivity contribution in [2.24, 2.45) is 5.41 Å². The lowest BCUT2D eigenvalue weighted by molar-refractivity contribution is -0.924. The first-order valence-electron chi connectivity index (χ1n) is 12.6. The molecule has 1 unspecified atom stereocenters. The molecule has 0 fully saturated rings. The van der Waals surface area contributed by atoms with Crippen molar-refractivity contribution in [1.82, 2.24) is 0 Å². The summed E-state index contributed by atoms with van der Waals surface area (Å²) in [5.41, 5.74) is -2.63. The molecule has 0 aliphatic carbocycles. The molecule has 0 heterocycles. The number of rotatable bonds is 21. The van der Waals surface area contributed by atoms with Crippen LogP contribution in [0, 0.1) is 5.41 Å². The van der Waals surface area contributed by atoms with E-state index in [1.807, 2.05) is 0 Å². The van der Waals surface area contributed by atoms with Gasteiger partial charge in [0.25, 0.3) is 10.1 Å². The van der Waals surface area contributed by atoms with Crippen LogP contribution in [0.4, 0.5) is 0 Å². The molecule has 0 amide bonds. The molecule has 0 aliphatic rings. The van der Waals surface area contributed by atoms with Crippen molar-refractivity contribution in [2.45, 2.75) is 102 Å². The first-order chi connectivity index (χ1) is 15.3. The van der Waals surface area contributed by atoms with Crippen LogP contribution >= 0.6 is 0 Å². The zero-order valence-corrected chi connectivity index (χ0v) is 22.2. The Hall–Kier alpha value is -0.740. The van der Waals surface area contributed by atoms with E-state index in [-0.39, 0.29) is 37.0 Å². The number of carbonyl (C=O) groups is 1. The maximum absolute atomic E-state index is 12.9. The van der Waals surface area contributed by atoms with Gasteiger partial charge < -0.3 is 19.8 Å². The maximum atomic E-state index is 12.9. The summed E-state index contributed by atoms with van der Waals surface area (Å²) in [6.45, 7) is 1.53. The molecular weight excluding hydrogens is 446 g/mol. The quantitative estimate of drug-likeness (QED) is 0.108. The van der Waals surface area contributed by atoms with Crippen LogP contribution in [-0.2, 0) is 14.9 Å². The van der Waals surface area contributed by atoms with E-state index in [1.54, 1.807) is 21.1 Å². The molecule has 1 atom stereocenters. The molecule has 0 aromatic heterocycles. The SMILES string of the molecule is CCCCCCCCCCCCC(C(=O)O)(C(CCO)(CCO)CCS(=O)(=O)O)[N+](C)(C)C. The number of aliphatic carboxylic acids is 1. The summed E-state index contributed by atoms with van der Waals surface area (Å²) >= 11 is 0. The number of nitrogens with zero attached hydrogens (tertiary/aromatic N) is 1. The van der Waals surface area contributed by atoms with Crippen molar-refractivity contribution in [3.05, 3.63) is 0 Å². The highest BCUT2D eigenvalue weighted by atomic mass is 32.2. The van der Waals surface area contributed by atoms with Gasteiger partial charge >= 0.3 is 5.97 Å². The Kier molecular flexibility index (Phi) is 15.0. The third-order valence-corrected chi connectivity index (χ3v) is 8.01. The van der Waals surface area contributed by atoms with E-state index >= 15 is 0 Å². The standard InChI is InChI=1S/C24H49NO7S/c1-5-6-7-8-9-10-11-12-13-14-15-24(22(28)29,25(2,3)4)23(16-19-26,17-20-27)18-21-33(30,31)32/h26-27H,5-21H2,1-4H3,(H-,28,29,30,31,32)/p+1. The smallest absolute Gasteiger partial charge is 0.366 e. The van der Waals surface area contributed by atoms with Gasteiger partial charge in [0.1, 0.15) is 0 Å². The maximum Gasteiger partial charge on any atom is 0.366 e. The molecule has 0 bridgehead atoms. The van der Waals surface area contributed by atoms with E-state index in [0.29, 0.717) is 12.8 Å². The van der Waals surface area contributed by atoms with Gasteiger partial charge in [0.15, 0.2) is 0 Å². The van der Waals surface area contributed by atoms with Crippen LogP contribution in [-0.4, -0.2) is 84.4 Å². The fourth-order valence-corrected chi connectivity index (χ4v) is 6.20. The number of aliphatic hydroxyl groups excluding tert-OH is 2. The summed E-state index contributed by atoms with van der Waals surface area (Å²) in [4.78, 5) is 12.9. The number of hydrogen-bond acceptors (Lipinski definition) is 5. The zero-order valence-electron chi connectivity index (χ0n) is 21.4. The van der Waals surface area contributed by atoms with Crippen molar-refractivity contribution in [1.29, 1.82) is 0 Å². The summed E-state index contributed by atoms with van der Waals surface area (Å²) in [7, 11) is 0.963. The fourth-order valence-electron chi connectivity index (χ4n) is 5.55. The van der Waals surface area contributed by atoms with Crippen LogP contribution in [0.5, 0.6) is 0 Å². The zero-order chi connectivity index (χ0) is 25.6. The summed E-state index contributed by atoms with van der Waals surface area (Å²) < 4.78 is 32.5. The van der Waals surface area contributed by atoms with E-state index < -0.39 is 32.8 Å². The fraction of sp³-hybridized carbons (Fsp3) is 0.958. The molecule has 0 aromatic carbocycles. The Morgan fingerprint density at radius 1 is 0.758 bits per heavy atom. The average Bonchev–Trinajstić information content (AvgIpc) is 2.69. The normalized spacial score (nSPS) is 14.9. The highest BCUT2D eigenvalue weighted by Gasteiger charge is 2.64. The third-order valence-electron chi connectivity index (χ3n) is 7.29. The molecular formula is C24H50NO7S+. The predicted molar refractivity (Wildman–Crippen MR) is 132 cm³/mol. The number of unbranched alkanes of at least 4 members (excludes halogenated alkanes) is 9. The predicted octanol–water partition coefficient (Wildman–Crippen LogP) is 3.86. The van der Waals surface area contributed by atoms with Gasteiger partial charge in [0.2, 0.25) is 5.54 Å². The first-order valence-corrected chi connectivity index (χ1v) is 14.2. The molecule has 0 aliphatic heterocycles. The van der Waals surface area contributed by atoms with Crippen LogP contribution in [0.25, 0.3) is 0 Å². The highest BCUT2D eigenvalue weighted by molar-refractivity contribution is 7.85. The molecule has 33 heavy (non-hydrogen) atoms. The Bertz CT molecular complexity index is 640. The molecule has 198 valence electrons. The van der Waals surface area contributed by atoms with Gasteiger partial charge in [-0.1, -0.05) is 64.7 Å². The van der Waals surface area contributed by atoms with Gasteiger partial charge in [-0.05, 0) is 25.7 Å². The van der Waals surface area contributed by atoms with E-state index in [0.717, 1.165) is 19.3 Å². The van der Waals surface area contributed by atoms with Gasteiger partial charge in [-0.15, -0.1) is 0 Å². The summed E-state index contributed by atoms with van der Waals surface area (Å²) in [6, 6.07) is 0. The number of likely N-dealkylation sites (N-methyl/N-ethyl adjacent to an activating group) is 1. The number of carboxylic acid groups (broad SMARTS) is 1. The summed E-state index contributed by atoms with van der Waals surface area (Å²) in [6.07, 6.45) is 11.3. The van der Waals surface area contributed by atoms with Crippen LogP contribution in [0.2, 0.25) is 0 Å². The number of carboxylic acids is 1. The van der Waals surface area contributed by atoms with Crippen LogP contribution in [0.1, 0.15) is 96.8 Å². The minimum Gasteiger partial charge on any atom is -0.477 e. The molecule has 0 aromatic rings. The van der Waals surface area contributed by atoms with Crippen LogP contribution < -0.4 is 0 Å². The average molecular weight is 497 g/mol. The Morgan fingerprint density at radius 3 is 1.52 bits per heavy atom. The van der Waals surface area contributed by atoms with Crippen molar-refractivity contribution < 1.29 is 37.6 Å². The molecule has 4 N–H and O–H groups in total. The topological polar surface area (TPSA) is 132 Å². The van der Waals surface area contributed by atoms with Crippen molar-refractivity contribution in [2.75, 3.05) is 40.1 Å². The third kappa shape index (κ3) is 10.2. The molecule has 0 spiro atoms. The largest absolute Gasteiger partial charge is 0.477 e. The van der Waals surface area contributed by atoms with Gasteiger partial charge in [-0.3, -0.25) is 4.55 Å². The van der Waals surface area contributed by atoms with Crippen molar-refractivity contribution >= 4 is 16.1 Å². The van der Waals surface area contributed by atoms with Gasteiger partial charge in [-0.25, -0.2) is 4.79 Å². The Morgan fingerprint density at radius 2 is 1.18 bits per heavy atom.